The van der Waals surface area contributed by atoms with Gasteiger partial charge in [0.05, 0.1) is 23.9 Å². The van der Waals surface area contributed by atoms with Crippen molar-refractivity contribution >= 4 is 22.8 Å². The normalized spacial score (nSPS) is 21.7. The smallest absolute Gasteiger partial charge is 0.405 e. The first-order valence-electron chi connectivity index (χ1n) is 14.8. The minimum atomic E-state index is -4.55. The molecule has 1 N–H and O–H groups in total. The summed E-state index contributed by atoms with van der Waals surface area (Å²) in [7, 11) is 0. The molecule has 3 atom stereocenters. The molecule has 5 heterocycles. The zero-order chi connectivity index (χ0) is 31.8. The number of nitrogens with one attached hydrogen (secondary N) is 1. The van der Waals surface area contributed by atoms with Crippen molar-refractivity contribution < 1.29 is 36.3 Å². The molecule has 45 heavy (non-hydrogen) atoms. The van der Waals surface area contributed by atoms with E-state index in [-0.39, 0.29) is 19.1 Å². The van der Waals surface area contributed by atoms with Crippen LogP contribution in [-0.4, -0.2) is 82.7 Å². The number of nitrogens with zero attached hydrogens (tertiary/aromatic N) is 4. The van der Waals surface area contributed by atoms with Crippen LogP contribution in [0.4, 0.5) is 13.2 Å². The van der Waals surface area contributed by atoms with Gasteiger partial charge in [-0.3, -0.25) is 24.4 Å². The number of halogens is 3. The van der Waals surface area contributed by atoms with Crippen molar-refractivity contribution in [1.29, 1.82) is 0 Å². The Morgan fingerprint density at radius 2 is 1.89 bits per heavy atom. The number of furan rings is 1. The zero-order valence-electron chi connectivity index (χ0n) is 24.9. The van der Waals surface area contributed by atoms with Gasteiger partial charge in [0.25, 0.3) is 0 Å². The Kier molecular flexibility index (Phi) is 8.40. The molecule has 1 aromatic carbocycles. The maximum Gasteiger partial charge on any atom is 0.405 e. The van der Waals surface area contributed by atoms with Gasteiger partial charge < -0.3 is 18.9 Å². The molecular weight excluding hydrogens is 591 g/mol. The Labute approximate surface area is 257 Å². The third kappa shape index (κ3) is 6.89. The van der Waals surface area contributed by atoms with E-state index in [1.54, 1.807) is 23.5 Å². The molecule has 13 heteroatoms. The second kappa shape index (κ2) is 12.3. The predicted octanol–water partition coefficient (Wildman–Crippen LogP) is 4.56. The summed E-state index contributed by atoms with van der Waals surface area (Å²) in [4.78, 5) is 38.4. The number of benzene rings is 1. The molecule has 6 rings (SSSR count). The average Bonchev–Trinajstić information content (AvgIpc) is 3.75. The van der Waals surface area contributed by atoms with Crippen LogP contribution in [0.15, 0.2) is 69.9 Å². The van der Waals surface area contributed by atoms with E-state index in [9.17, 15) is 22.8 Å². The highest BCUT2D eigenvalue weighted by molar-refractivity contribution is 5.82. The van der Waals surface area contributed by atoms with Gasteiger partial charge in [0.15, 0.2) is 11.3 Å². The maximum atomic E-state index is 13.2. The summed E-state index contributed by atoms with van der Waals surface area (Å²) in [5.74, 6) is 0.108. The van der Waals surface area contributed by atoms with Gasteiger partial charge in [0.1, 0.15) is 24.5 Å². The number of fused-ring (bicyclic) bond motifs is 1. The molecule has 2 fully saturated rings. The number of cyclic esters (lactones) is 1. The fourth-order valence-corrected chi connectivity index (χ4v) is 6.07. The molecule has 1 amide bonds. The molecule has 4 aromatic rings. The van der Waals surface area contributed by atoms with Crippen LogP contribution >= 0.6 is 0 Å². The van der Waals surface area contributed by atoms with Crippen LogP contribution in [0.2, 0.25) is 0 Å². The molecule has 0 aliphatic carbocycles. The summed E-state index contributed by atoms with van der Waals surface area (Å²) in [6.45, 7) is 3.55. The van der Waals surface area contributed by atoms with Gasteiger partial charge in [0.2, 0.25) is 11.8 Å². The van der Waals surface area contributed by atoms with E-state index in [4.69, 9.17) is 13.6 Å². The quantitative estimate of drug-likeness (QED) is 0.268. The van der Waals surface area contributed by atoms with E-state index in [1.165, 1.54) is 0 Å². The van der Waals surface area contributed by atoms with E-state index in [1.807, 2.05) is 61.2 Å². The van der Waals surface area contributed by atoms with Crippen molar-refractivity contribution in [3.8, 4) is 11.3 Å². The zero-order valence-corrected chi connectivity index (χ0v) is 24.9. The van der Waals surface area contributed by atoms with Gasteiger partial charge in [-0.25, -0.2) is 4.98 Å². The highest BCUT2D eigenvalue weighted by Gasteiger charge is 2.44. The monoisotopic (exact) mass is 625 g/mol. The standard InChI is InChI=1S/C32H34F3N5O5/c1-31(2,30-37-16-27(45-30)20-6-4-3-5-7-20)40-11-10-39(25(18-40)28(41)38-19-32(33,34)35)17-24-14-22(29(42)44-24)13-23-12-21-8-9-36-15-26(21)43-23/h3-9,12,15-16,22,24-25H,10-11,13-14,17-19H2,1-2H3,(H,38,41)/t22-,24+,25+/m1/s1. The first kappa shape index (κ1) is 30.8. The third-order valence-electron chi connectivity index (χ3n) is 8.56. The summed E-state index contributed by atoms with van der Waals surface area (Å²) in [5.41, 5.74) is 0.724. The maximum absolute atomic E-state index is 13.2. The van der Waals surface area contributed by atoms with Crippen molar-refractivity contribution in [1.82, 2.24) is 25.1 Å². The first-order chi connectivity index (χ1) is 21.5. The van der Waals surface area contributed by atoms with Crippen LogP contribution < -0.4 is 5.32 Å². The van der Waals surface area contributed by atoms with Crippen LogP contribution in [0.5, 0.6) is 0 Å². The number of carbonyl (C=O) groups excluding carboxylic acids is 2. The molecule has 3 aromatic heterocycles. The number of oxazole rings is 1. The fourth-order valence-electron chi connectivity index (χ4n) is 6.07. The highest BCUT2D eigenvalue weighted by Crippen LogP contribution is 2.34. The SMILES string of the molecule is CC(C)(c1ncc(-c2ccccc2)o1)N1CCN(C[C@@H]2C[C@@H](Cc3cc4ccncc4o3)C(=O)O2)[C@H](C(=O)NCC(F)(F)F)C1. The van der Waals surface area contributed by atoms with Crippen LogP contribution in [0, 0.1) is 5.92 Å². The van der Waals surface area contributed by atoms with Crippen LogP contribution in [0.3, 0.4) is 0 Å². The Bertz CT molecular complexity index is 1620. The lowest BCUT2D eigenvalue weighted by atomic mass is 9.97. The Morgan fingerprint density at radius 1 is 1.09 bits per heavy atom. The number of carbonyl (C=O) groups is 2. The van der Waals surface area contributed by atoms with E-state index in [2.05, 4.69) is 15.3 Å². The van der Waals surface area contributed by atoms with E-state index in [0.717, 1.165) is 10.9 Å². The Hall–Kier alpha value is -4.23. The molecular formula is C32H34F3N5O5. The minimum absolute atomic E-state index is 0.122. The van der Waals surface area contributed by atoms with Gasteiger partial charge in [0, 0.05) is 49.7 Å². The topological polar surface area (TPSA) is 114 Å². The van der Waals surface area contributed by atoms with Gasteiger partial charge >= 0.3 is 12.1 Å². The molecule has 2 aliphatic rings. The second-order valence-electron chi connectivity index (χ2n) is 12.1. The number of hydrogen-bond acceptors (Lipinski definition) is 9. The number of pyridine rings is 1. The first-order valence-corrected chi connectivity index (χ1v) is 14.8. The van der Waals surface area contributed by atoms with Gasteiger partial charge in [-0.2, -0.15) is 13.2 Å². The third-order valence-corrected chi connectivity index (χ3v) is 8.56. The molecule has 2 aliphatic heterocycles. The summed E-state index contributed by atoms with van der Waals surface area (Å²) in [5, 5.41) is 2.94. The molecule has 0 radical (unpaired) electrons. The minimum Gasteiger partial charge on any atom is -0.461 e. The van der Waals surface area contributed by atoms with Crippen LogP contribution in [0.1, 0.15) is 31.9 Å². The van der Waals surface area contributed by atoms with Crippen molar-refractivity contribution in [2.24, 2.45) is 5.92 Å². The summed E-state index contributed by atoms with van der Waals surface area (Å²) in [6, 6.07) is 12.3. The molecule has 0 bridgehead atoms. The summed E-state index contributed by atoms with van der Waals surface area (Å²) < 4.78 is 56.8. The van der Waals surface area contributed by atoms with Crippen molar-refractivity contribution in [3.63, 3.8) is 0 Å². The second-order valence-corrected chi connectivity index (χ2v) is 12.1. The number of amides is 1. The molecule has 2 saturated heterocycles. The summed E-state index contributed by atoms with van der Waals surface area (Å²) >= 11 is 0. The van der Waals surface area contributed by atoms with E-state index in [0.29, 0.717) is 48.9 Å². The van der Waals surface area contributed by atoms with Gasteiger partial charge in [-0.1, -0.05) is 30.3 Å². The number of aromatic nitrogens is 2. The van der Waals surface area contributed by atoms with Crippen molar-refractivity contribution in [2.75, 3.05) is 32.7 Å². The lowest BCUT2D eigenvalue weighted by Crippen LogP contribution is -2.63. The molecule has 0 saturated carbocycles. The lowest BCUT2D eigenvalue weighted by Gasteiger charge is -2.46. The van der Waals surface area contributed by atoms with E-state index >= 15 is 0 Å². The number of piperazine rings is 1. The Morgan fingerprint density at radius 3 is 2.64 bits per heavy atom. The van der Waals surface area contributed by atoms with E-state index < -0.39 is 42.2 Å². The molecule has 238 valence electrons. The number of rotatable bonds is 9. The van der Waals surface area contributed by atoms with Crippen LogP contribution in [-0.2, 0) is 26.3 Å². The average molecular weight is 626 g/mol. The summed E-state index contributed by atoms with van der Waals surface area (Å²) in [6.07, 6.45) is 0.592. The largest absolute Gasteiger partial charge is 0.461 e. The molecule has 10 nitrogen and oxygen atoms in total. The van der Waals surface area contributed by atoms with Crippen molar-refractivity contribution in [3.05, 3.63) is 72.7 Å². The van der Waals surface area contributed by atoms with Gasteiger partial charge in [-0.05, 0) is 32.4 Å². The highest BCUT2D eigenvalue weighted by atomic mass is 19.4. The molecule has 0 unspecified atom stereocenters. The van der Waals surface area contributed by atoms with Gasteiger partial charge in [-0.15, -0.1) is 0 Å². The lowest BCUT2D eigenvalue weighted by molar-refractivity contribution is -0.148. The fraction of sp³-hybridized carbons (Fsp3) is 0.438. The number of alkyl halides is 3. The Balaban J connectivity index is 1.15. The van der Waals surface area contributed by atoms with Crippen LogP contribution in [0.25, 0.3) is 22.3 Å². The number of esters is 1. The predicted molar refractivity (Wildman–Crippen MR) is 157 cm³/mol. The number of hydrogen-bond donors (Lipinski definition) is 1. The van der Waals surface area contributed by atoms with Crippen molar-refractivity contribution in [2.45, 2.75) is 50.6 Å². The number of ether oxygens (including phenoxy) is 1. The molecule has 0 spiro atoms.